The minimum atomic E-state index is -0.561. The molecule has 3 aromatic rings. The summed E-state index contributed by atoms with van der Waals surface area (Å²) in [4.78, 5) is 30.9. The number of hydrogen-bond donors (Lipinski definition) is 4. The van der Waals surface area contributed by atoms with Gasteiger partial charge in [-0.2, -0.15) is 5.26 Å². The molecule has 0 saturated carbocycles. The lowest BCUT2D eigenvalue weighted by Gasteiger charge is -2.10. The zero-order valence-electron chi connectivity index (χ0n) is 15.2. The predicted molar refractivity (Wildman–Crippen MR) is 112 cm³/mol. The molecule has 0 bridgehead atoms. The zero-order chi connectivity index (χ0) is 20.8. The van der Waals surface area contributed by atoms with Gasteiger partial charge in [0.1, 0.15) is 11.6 Å². The average Bonchev–Trinajstić information content (AvgIpc) is 2.70. The Morgan fingerprint density at radius 3 is 2.41 bits per heavy atom. The van der Waals surface area contributed by atoms with Crippen LogP contribution in [0.1, 0.15) is 12.0 Å². The highest BCUT2D eigenvalue weighted by atomic mass is 35.5. The van der Waals surface area contributed by atoms with Gasteiger partial charge in [0.25, 0.3) is 5.56 Å². The number of nitrogens with one attached hydrogen (secondary N) is 3. The number of H-pyrrole nitrogens is 1. The topological polar surface area (TPSA) is 137 Å². The van der Waals surface area contributed by atoms with Crippen molar-refractivity contribution in [1.29, 1.82) is 5.26 Å². The van der Waals surface area contributed by atoms with E-state index >= 15 is 0 Å². The van der Waals surface area contributed by atoms with Gasteiger partial charge in [-0.1, -0.05) is 23.7 Å². The number of aromatic amines is 1. The molecule has 0 atom stereocenters. The van der Waals surface area contributed by atoms with Crippen LogP contribution >= 0.6 is 11.6 Å². The summed E-state index contributed by atoms with van der Waals surface area (Å²) in [5.41, 5.74) is 6.73. The van der Waals surface area contributed by atoms with Crippen LogP contribution < -0.4 is 21.9 Å². The van der Waals surface area contributed by atoms with E-state index in [9.17, 15) is 14.9 Å². The molecule has 0 aliphatic carbocycles. The van der Waals surface area contributed by atoms with Gasteiger partial charge in [-0.3, -0.25) is 14.6 Å². The SMILES string of the molecule is N#Cc1c(-c2ccc(NC(=O)CCN)cc2)nc(Nc2ccc(Cl)cc2)[nH]c1=O. The summed E-state index contributed by atoms with van der Waals surface area (Å²) < 4.78 is 0. The van der Waals surface area contributed by atoms with E-state index in [-0.39, 0.29) is 36.1 Å². The van der Waals surface area contributed by atoms with Gasteiger partial charge in [-0.25, -0.2) is 4.98 Å². The molecule has 0 fully saturated rings. The van der Waals surface area contributed by atoms with Gasteiger partial charge in [-0.05, 0) is 36.4 Å². The minimum absolute atomic E-state index is 0.105. The number of nitriles is 1. The van der Waals surface area contributed by atoms with Gasteiger partial charge in [0.2, 0.25) is 11.9 Å². The van der Waals surface area contributed by atoms with Crippen molar-refractivity contribution in [3.8, 4) is 17.3 Å². The largest absolute Gasteiger partial charge is 0.330 e. The molecule has 0 spiro atoms. The Morgan fingerprint density at radius 1 is 1.14 bits per heavy atom. The summed E-state index contributed by atoms with van der Waals surface area (Å²) in [6.07, 6.45) is 0.218. The number of halogens is 1. The normalized spacial score (nSPS) is 10.2. The van der Waals surface area contributed by atoms with E-state index in [1.165, 1.54) is 0 Å². The molecule has 1 aromatic heterocycles. The number of carbonyl (C=O) groups excluding carboxylic acids is 1. The summed E-state index contributed by atoms with van der Waals surface area (Å²) in [6, 6.07) is 15.4. The Labute approximate surface area is 171 Å². The van der Waals surface area contributed by atoms with Crippen molar-refractivity contribution in [2.45, 2.75) is 6.42 Å². The first-order chi connectivity index (χ1) is 14.0. The van der Waals surface area contributed by atoms with E-state index in [1.54, 1.807) is 48.5 Å². The second-order valence-corrected chi connectivity index (χ2v) is 6.48. The van der Waals surface area contributed by atoms with Crippen molar-refractivity contribution in [2.75, 3.05) is 17.2 Å². The third-order valence-electron chi connectivity index (χ3n) is 3.95. The Balaban J connectivity index is 1.92. The number of hydrogen-bond acceptors (Lipinski definition) is 6. The van der Waals surface area contributed by atoms with Crippen molar-refractivity contribution < 1.29 is 4.79 Å². The van der Waals surface area contributed by atoms with E-state index in [0.29, 0.717) is 22.0 Å². The fourth-order valence-electron chi connectivity index (χ4n) is 2.58. The molecule has 0 aliphatic heterocycles. The summed E-state index contributed by atoms with van der Waals surface area (Å²) in [5.74, 6) is -0.00616. The van der Waals surface area contributed by atoms with Crippen LogP contribution in [0.2, 0.25) is 5.02 Å². The molecule has 146 valence electrons. The predicted octanol–water partition coefficient (Wildman–Crippen LogP) is 2.99. The van der Waals surface area contributed by atoms with Gasteiger partial charge in [-0.15, -0.1) is 0 Å². The first-order valence-electron chi connectivity index (χ1n) is 8.67. The number of nitrogens with two attached hydrogens (primary N) is 1. The quantitative estimate of drug-likeness (QED) is 0.494. The van der Waals surface area contributed by atoms with Crippen molar-refractivity contribution >= 4 is 34.8 Å². The van der Waals surface area contributed by atoms with Gasteiger partial charge < -0.3 is 16.4 Å². The molecule has 8 nitrogen and oxygen atoms in total. The van der Waals surface area contributed by atoms with Gasteiger partial charge in [0, 0.05) is 34.9 Å². The molecule has 1 amide bonds. The number of nitrogens with zero attached hydrogens (tertiary/aromatic N) is 2. The highest BCUT2D eigenvalue weighted by Gasteiger charge is 2.14. The van der Waals surface area contributed by atoms with Crippen LogP contribution in [0.4, 0.5) is 17.3 Å². The van der Waals surface area contributed by atoms with Crippen molar-refractivity contribution in [2.24, 2.45) is 5.73 Å². The summed E-state index contributed by atoms with van der Waals surface area (Å²) in [7, 11) is 0. The Hall–Kier alpha value is -3.67. The summed E-state index contributed by atoms with van der Waals surface area (Å²) in [6.45, 7) is 0.259. The second kappa shape index (κ2) is 9.01. The number of benzene rings is 2. The van der Waals surface area contributed by atoms with Gasteiger partial charge >= 0.3 is 0 Å². The van der Waals surface area contributed by atoms with Gasteiger partial charge in [0.05, 0.1) is 5.69 Å². The lowest BCUT2D eigenvalue weighted by Crippen LogP contribution is -2.16. The zero-order valence-corrected chi connectivity index (χ0v) is 16.0. The number of anilines is 3. The molecule has 1 heterocycles. The van der Waals surface area contributed by atoms with E-state index in [2.05, 4.69) is 20.6 Å². The first-order valence-corrected chi connectivity index (χ1v) is 9.05. The molecule has 2 aromatic carbocycles. The van der Waals surface area contributed by atoms with Gasteiger partial charge in [0.15, 0.2) is 0 Å². The molecule has 3 rings (SSSR count). The second-order valence-electron chi connectivity index (χ2n) is 6.05. The van der Waals surface area contributed by atoms with Crippen LogP contribution in [-0.2, 0) is 4.79 Å². The first kappa shape index (κ1) is 20.1. The number of carbonyl (C=O) groups is 1. The standard InChI is InChI=1S/C20H17ClN6O2/c21-13-3-7-15(8-4-13)25-20-26-18(16(11-23)19(29)27-20)12-1-5-14(6-2-12)24-17(28)9-10-22/h1-8H,9-10,22H2,(H,24,28)(H2,25,26,27,29). The number of rotatable bonds is 6. The van der Waals surface area contributed by atoms with E-state index in [1.807, 2.05) is 6.07 Å². The maximum Gasteiger partial charge on any atom is 0.270 e. The van der Waals surface area contributed by atoms with E-state index in [4.69, 9.17) is 17.3 Å². The van der Waals surface area contributed by atoms with E-state index in [0.717, 1.165) is 0 Å². The Kier molecular flexibility index (Phi) is 6.24. The molecule has 5 N–H and O–H groups in total. The molecule has 29 heavy (non-hydrogen) atoms. The summed E-state index contributed by atoms with van der Waals surface area (Å²) in [5, 5.41) is 15.7. The molecule has 0 radical (unpaired) electrons. The fraction of sp³-hybridized carbons (Fsp3) is 0.100. The molecule has 0 aliphatic rings. The highest BCUT2D eigenvalue weighted by molar-refractivity contribution is 6.30. The Bertz CT molecular complexity index is 1120. The molecule has 9 heteroatoms. The summed E-state index contributed by atoms with van der Waals surface area (Å²) >= 11 is 5.88. The minimum Gasteiger partial charge on any atom is -0.330 e. The molecule has 0 saturated heterocycles. The maximum absolute atomic E-state index is 12.3. The van der Waals surface area contributed by atoms with Crippen LogP contribution in [0.25, 0.3) is 11.3 Å². The van der Waals surface area contributed by atoms with Crippen LogP contribution in [0.3, 0.4) is 0 Å². The Morgan fingerprint density at radius 2 is 1.79 bits per heavy atom. The van der Waals surface area contributed by atoms with Crippen LogP contribution in [-0.4, -0.2) is 22.4 Å². The van der Waals surface area contributed by atoms with E-state index < -0.39 is 5.56 Å². The monoisotopic (exact) mass is 408 g/mol. The highest BCUT2D eigenvalue weighted by Crippen LogP contribution is 2.23. The number of aromatic nitrogens is 2. The van der Waals surface area contributed by atoms with Crippen LogP contribution in [0.5, 0.6) is 0 Å². The lowest BCUT2D eigenvalue weighted by molar-refractivity contribution is -0.116. The van der Waals surface area contributed by atoms with Crippen molar-refractivity contribution in [3.63, 3.8) is 0 Å². The number of amides is 1. The van der Waals surface area contributed by atoms with Crippen LogP contribution in [0, 0.1) is 11.3 Å². The average molecular weight is 409 g/mol. The molecular formula is C20H17ClN6O2. The van der Waals surface area contributed by atoms with Crippen molar-refractivity contribution in [3.05, 3.63) is 69.5 Å². The van der Waals surface area contributed by atoms with Crippen molar-refractivity contribution in [1.82, 2.24) is 9.97 Å². The molecular weight excluding hydrogens is 392 g/mol. The fourth-order valence-corrected chi connectivity index (χ4v) is 2.71. The smallest absolute Gasteiger partial charge is 0.270 e. The third-order valence-corrected chi connectivity index (χ3v) is 4.20. The third kappa shape index (κ3) is 4.99. The lowest BCUT2D eigenvalue weighted by atomic mass is 10.1. The maximum atomic E-state index is 12.3. The van der Waals surface area contributed by atoms with Crippen LogP contribution in [0.15, 0.2) is 53.3 Å². The molecule has 0 unspecified atom stereocenters.